The number of hydrogen-bond acceptors (Lipinski definition) is 3. The highest BCUT2D eigenvalue weighted by atomic mass is 35.5. The molecule has 1 aromatic rings. The van der Waals surface area contributed by atoms with Crippen molar-refractivity contribution in [2.75, 3.05) is 25.2 Å². The number of halogens is 1. The van der Waals surface area contributed by atoms with Gasteiger partial charge in [0.1, 0.15) is 0 Å². The van der Waals surface area contributed by atoms with Crippen LogP contribution in [0, 0.1) is 0 Å². The summed E-state index contributed by atoms with van der Waals surface area (Å²) in [7, 11) is 0.582. The third kappa shape index (κ3) is 4.12. The molecule has 1 unspecified atom stereocenters. The first-order valence-corrected chi connectivity index (χ1v) is 6.77. The van der Waals surface area contributed by atoms with Crippen molar-refractivity contribution in [1.29, 1.82) is 0 Å². The van der Waals surface area contributed by atoms with Crippen LogP contribution in [0.4, 0.5) is 5.69 Å². The molecule has 0 radical (unpaired) electrons. The van der Waals surface area contributed by atoms with Gasteiger partial charge < -0.3 is 10.5 Å². The average molecular weight is 262 g/mol. The second-order valence-corrected chi connectivity index (χ2v) is 5.39. The first kappa shape index (κ1) is 13.5. The fraction of sp³-hybridized carbons (Fsp3) is 0.455. The van der Waals surface area contributed by atoms with Gasteiger partial charge in [0.05, 0.1) is 20.7 Å². The third-order valence-corrected chi connectivity index (χ3v) is 4.06. The Kier molecular flexibility index (Phi) is 5.80. The number of anilines is 1. The van der Waals surface area contributed by atoms with Crippen LogP contribution in [0.2, 0.25) is 5.02 Å². The fourth-order valence-electron chi connectivity index (χ4n) is 1.28. The van der Waals surface area contributed by atoms with E-state index in [0.29, 0.717) is 28.0 Å². The van der Waals surface area contributed by atoms with Gasteiger partial charge in [-0.25, -0.2) is 0 Å². The lowest BCUT2D eigenvalue weighted by atomic mass is 10.3. The van der Waals surface area contributed by atoms with Crippen LogP contribution in [-0.4, -0.2) is 23.7 Å². The molecule has 0 saturated carbocycles. The average Bonchev–Trinajstić information content (AvgIpc) is 2.27. The van der Waals surface area contributed by atoms with E-state index in [9.17, 15) is 4.21 Å². The lowest BCUT2D eigenvalue weighted by Gasteiger charge is -2.05. The van der Waals surface area contributed by atoms with Gasteiger partial charge in [-0.1, -0.05) is 11.6 Å². The van der Waals surface area contributed by atoms with Crippen LogP contribution >= 0.6 is 11.6 Å². The van der Waals surface area contributed by atoms with E-state index in [1.807, 2.05) is 0 Å². The first-order valence-electron chi connectivity index (χ1n) is 5.07. The van der Waals surface area contributed by atoms with Gasteiger partial charge in [0.15, 0.2) is 0 Å². The molecule has 0 heterocycles. The molecule has 0 bridgehead atoms. The minimum Gasteiger partial charge on any atom is -0.399 e. The summed E-state index contributed by atoms with van der Waals surface area (Å²) in [4.78, 5) is 0.624. The van der Waals surface area contributed by atoms with Crippen molar-refractivity contribution in [3.8, 4) is 0 Å². The molecule has 1 aromatic carbocycles. The predicted molar refractivity (Wildman–Crippen MR) is 68.2 cm³/mol. The zero-order valence-electron chi connectivity index (χ0n) is 9.24. The minimum absolute atomic E-state index is 0.513. The molecule has 0 aliphatic carbocycles. The van der Waals surface area contributed by atoms with Crippen LogP contribution < -0.4 is 5.73 Å². The summed E-state index contributed by atoms with van der Waals surface area (Å²) >= 11 is 5.96. The van der Waals surface area contributed by atoms with Gasteiger partial charge >= 0.3 is 0 Å². The van der Waals surface area contributed by atoms with E-state index < -0.39 is 10.8 Å². The third-order valence-electron chi connectivity index (χ3n) is 2.13. The van der Waals surface area contributed by atoms with E-state index >= 15 is 0 Å². The standard InChI is InChI=1S/C11H16ClNO2S/c1-15-6-2-3-7-16(14)11-8-9(13)4-5-10(11)12/h4-5,8H,2-3,6-7,13H2,1H3. The zero-order valence-corrected chi connectivity index (χ0v) is 10.8. The van der Waals surface area contributed by atoms with E-state index in [4.69, 9.17) is 22.1 Å². The monoisotopic (exact) mass is 261 g/mol. The Morgan fingerprint density at radius 1 is 1.44 bits per heavy atom. The van der Waals surface area contributed by atoms with Crippen molar-refractivity contribution in [1.82, 2.24) is 0 Å². The molecule has 5 heteroatoms. The van der Waals surface area contributed by atoms with Gasteiger partial charge in [-0.15, -0.1) is 0 Å². The van der Waals surface area contributed by atoms with E-state index in [1.54, 1.807) is 25.3 Å². The highest BCUT2D eigenvalue weighted by molar-refractivity contribution is 7.85. The van der Waals surface area contributed by atoms with Gasteiger partial charge in [-0.2, -0.15) is 0 Å². The number of ether oxygens (including phenoxy) is 1. The normalized spacial score (nSPS) is 12.6. The van der Waals surface area contributed by atoms with Crippen LogP contribution in [0.1, 0.15) is 12.8 Å². The summed E-state index contributed by atoms with van der Waals surface area (Å²) in [5, 5.41) is 0.513. The van der Waals surface area contributed by atoms with E-state index in [2.05, 4.69) is 0 Å². The SMILES string of the molecule is COCCCCS(=O)c1cc(N)ccc1Cl. The van der Waals surface area contributed by atoms with Crippen molar-refractivity contribution in [2.45, 2.75) is 17.7 Å². The van der Waals surface area contributed by atoms with Gasteiger partial charge in [0.2, 0.25) is 0 Å². The predicted octanol–water partition coefficient (Wildman–Crippen LogP) is 2.46. The molecule has 0 aliphatic rings. The van der Waals surface area contributed by atoms with Gasteiger partial charge in [-0.05, 0) is 31.0 Å². The molecule has 3 nitrogen and oxygen atoms in total. The van der Waals surface area contributed by atoms with Crippen molar-refractivity contribution in [3.63, 3.8) is 0 Å². The first-order chi connectivity index (χ1) is 7.65. The minimum atomic E-state index is -1.08. The number of methoxy groups -OCH3 is 1. The van der Waals surface area contributed by atoms with Gasteiger partial charge in [0.25, 0.3) is 0 Å². The molecular formula is C11H16ClNO2S. The van der Waals surface area contributed by atoms with Crippen LogP contribution in [0.3, 0.4) is 0 Å². The Labute approximate surface area is 103 Å². The second kappa shape index (κ2) is 6.89. The molecule has 0 aliphatic heterocycles. The van der Waals surface area contributed by atoms with Crippen molar-refractivity contribution < 1.29 is 8.95 Å². The Morgan fingerprint density at radius 2 is 2.19 bits per heavy atom. The highest BCUT2D eigenvalue weighted by Crippen LogP contribution is 2.22. The Morgan fingerprint density at radius 3 is 2.88 bits per heavy atom. The molecule has 0 amide bonds. The lowest BCUT2D eigenvalue weighted by Crippen LogP contribution is -2.01. The maximum atomic E-state index is 11.9. The molecule has 2 N–H and O–H groups in total. The summed E-state index contributed by atoms with van der Waals surface area (Å²) in [5.41, 5.74) is 6.22. The summed E-state index contributed by atoms with van der Waals surface area (Å²) in [6, 6.07) is 5.06. The Bertz CT molecular complexity index is 371. The van der Waals surface area contributed by atoms with Crippen LogP contribution in [0.25, 0.3) is 0 Å². The molecule has 0 spiro atoms. The van der Waals surface area contributed by atoms with E-state index in [0.717, 1.165) is 12.8 Å². The summed E-state index contributed by atoms with van der Waals surface area (Å²) in [6.45, 7) is 0.696. The number of unbranched alkanes of at least 4 members (excludes halogenated alkanes) is 1. The summed E-state index contributed by atoms with van der Waals surface area (Å²) < 4.78 is 16.8. The topological polar surface area (TPSA) is 52.3 Å². The maximum absolute atomic E-state index is 11.9. The largest absolute Gasteiger partial charge is 0.399 e. The molecule has 90 valence electrons. The second-order valence-electron chi connectivity index (χ2n) is 3.44. The number of nitrogen functional groups attached to an aromatic ring is 1. The van der Waals surface area contributed by atoms with Gasteiger partial charge in [0, 0.05) is 25.2 Å². The summed E-state index contributed by atoms with van der Waals surface area (Å²) in [5.74, 6) is 0.590. The molecular weight excluding hydrogens is 246 g/mol. The molecule has 0 fully saturated rings. The summed E-state index contributed by atoms with van der Waals surface area (Å²) in [6.07, 6.45) is 1.76. The van der Waals surface area contributed by atoms with Crippen LogP contribution in [0.5, 0.6) is 0 Å². The quantitative estimate of drug-likeness (QED) is 0.632. The maximum Gasteiger partial charge on any atom is 0.0594 e. The molecule has 0 aromatic heterocycles. The van der Waals surface area contributed by atoms with E-state index in [-0.39, 0.29) is 0 Å². The Balaban J connectivity index is 2.55. The fourth-order valence-corrected chi connectivity index (χ4v) is 2.90. The number of nitrogens with two attached hydrogens (primary N) is 1. The molecule has 1 rings (SSSR count). The number of benzene rings is 1. The van der Waals surface area contributed by atoms with Crippen molar-refractivity contribution >= 4 is 28.1 Å². The van der Waals surface area contributed by atoms with Gasteiger partial charge in [-0.3, -0.25) is 4.21 Å². The Hall–Kier alpha value is -0.580. The highest BCUT2D eigenvalue weighted by Gasteiger charge is 2.08. The molecule has 16 heavy (non-hydrogen) atoms. The van der Waals surface area contributed by atoms with Crippen molar-refractivity contribution in [2.24, 2.45) is 0 Å². The molecule has 0 saturated heterocycles. The van der Waals surface area contributed by atoms with Crippen LogP contribution in [-0.2, 0) is 15.5 Å². The number of hydrogen-bond donors (Lipinski definition) is 1. The van der Waals surface area contributed by atoms with Crippen molar-refractivity contribution in [3.05, 3.63) is 23.2 Å². The zero-order chi connectivity index (χ0) is 12.0. The van der Waals surface area contributed by atoms with Crippen LogP contribution in [0.15, 0.2) is 23.1 Å². The van der Waals surface area contributed by atoms with E-state index in [1.165, 1.54) is 0 Å². The molecule has 1 atom stereocenters. The number of rotatable bonds is 6. The lowest BCUT2D eigenvalue weighted by molar-refractivity contribution is 0.194. The smallest absolute Gasteiger partial charge is 0.0594 e.